The number of carbonyl (C=O) groups excluding carboxylic acids is 2. The van der Waals surface area contributed by atoms with Crippen molar-refractivity contribution in [1.29, 1.82) is 0 Å². The van der Waals surface area contributed by atoms with Crippen molar-refractivity contribution in [3.63, 3.8) is 0 Å². The Hall–Kier alpha value is -4.59. The monoisotopic (exact) mass is 455 g/mol. The molecule has 8 heteroatoms. The van der Waals surface area contributed by atoms with Crippen LogP contribution in [0, 0.1) is 5.82 Å². The summed E-state index contributed by atoms with van der Waals surface area (Å²) in [6, 6.07) is 24.3. The maximum atomic E-state index is 12.9. The molecule has 2 amide bonds. The predicted octanol–water partition coefficient (Wildman–Crippen LogP) is 5.38. The second kappa shape index (κ2) is 10.8. The first-order valence-corrected chi connectivity index (χ1v) is 10.6. The summed E-state index contributed by atoms with van der Waals surface area (Å²) in [4.78, 5) is 32.7. The van der Waals surface area contributed by atoms with Crippen LogP contribution in [-0.2, 0) is 9.59 Å². The second-order valence-electron chi connectivity index (χ2n) is 7.46. The predicted molar refractivity (Wildman–Crippen MR) is 130 cm³/mol. The zero-order valence-corrected chi connectivity index (χ0v) is 18.2. The van der Waals surface area contributed by atoms with Crippen LogP contribution in [0.25, 0.3) is 11.3 Å². The maximum Gasteiger partial charge on any atom is 0.224 e. The highest BCUT2D eigenvalue weighted by molar-refractivity contribution is 5.96. The van der Waals surface area contributed by atoms with E-state index in [1.165, 1.54) is 30.6 Å². The lowest BCUT2D eigenvalue weighted by Gasteiger charge is -2.09. The van der Waals surface area contributed by atoms with Gasteiger partial charge in [0.2, 0.25) is 11.8 Å². The molecule has 1 aromatic heterocycles. The number of nitrogens with one attached hydrogen (secondary N) is 3. The molecule has 0 aliphatic rings. The van der Waals surface area contributed by atoms with Gasteiger partial charge >= 0.3 is 0 Å². The lowest BCUT2D eigenvalue weighted by Crippen LogP contribution is -2.17. The van der Waals surface area contributed by atoms with Crippen LogP contribution in [0.2, 0.25) is 0 Å². The van der Waals surface area contributed by atoms with E-state index in [1.807, 2.05) is 48.5 Å². The van der Waals surface area contributed by atoms with Gasteiger partial charge < -0.3 is 16.0 Å². The lowest BCUT2D eigenvalue weighted by molar-refractivity contribution is -0.121. The fraction of sp³-hybridized carbons (Fsp3) is 0.0769. The molecular formula is C26H22FN5O2. The molecule has 0 radical (unpaired) electrons. The quantitative estimate of drug-likeness (QED) is 0.331. The molecule has 170 valence electrons. The van der Waals surface area contributed by atoms with Crippen LogP contribution in [0.15, 0.2) is 91.3 Å². The van der Waals surface area contributed by atoms with Gasteiger partial charge in [-0.05, 0) is 48.5 Å². The highest BCUT2D eigenvalue weighted by Gasteiger charge is 2.08. The van der Waals surface area contributed by atoms with E-state index >= 15 is 0 Å². The van der Waals surface area contributed by atoms with Crippen LogP contribution >= 0.6 is 0 Å². The molecule has 3 aromatic carbocycles. The summed E-state index contributed by atoms with van der Waals surface area (Å²) in [5.74, 6) is -0.329. The molecule has 7 nitrogen and oxygen atoms in total. The van der Waals surface area contributed by atoms with Gasteiger partial charge in [-0.25, -0.2) is 14.4 Å². The van der Waals surface area contributed by atoms with E-state index in [-0.39, 0.29) is 30.5 Å². The van der Waals surface area contributed by atoms with Gasteiger partial charge in [0.1, 0.15) is 18.0 Å². The number of hydrogen-bond donors (Lipinski definition) is 3. The molecule has 34 heavy (non-hydrogen) atoms. The molecule has 4 rings (SSSR count). The average Bonchev–Trinajstić information content (AvgIpc) is 2.86. The smallest absolute Gasteiger partial charge is 0.224 e. The third-order valence-corrected chi connectivity index (χ3v) is 4.88. The molecule has 0 aliphatic carbocycles. The third kappa shape index (κ3) is 6.46. The first kappa shape index (κ1) is 22.6. The Labute approximate surface area is 196 Å². The van der Waals surface area contributed by atoms with Crippen molar-refractivity contribution in [3.8, 4) is 11.3 Å². The van der Waals surface area contributed by atoms with Crippen molar-refractivity contribution in [2.75, 3.05) is 16.0 Å². The van der Waals surface area contributed by atoms with Crippen molar-refractivity contribution < 1.29 is 14.0 Å². The van der Waals surface area contributed by atoms with Crippen LogP contribution in [0.5, 0.6) is 0 Å². The summed E-state index contributed by atoms with van der Waals surface area (Å²) in [5, 5.41) is 8.62. The maximum absolute atomic E-state index is 12.9. The van der Waals surface area contributed by atoms with E-state index in [0.29, 0.717) is 17.2 Å². The molecule has 0 aliphatic heterocycles. The van der Waals surface area contributed by atoms with Gasteiger partial charge in [-0.1, -0.05) is 30.3 Å². The Balaban J connectivity index is 1.27. The van der Waals surface area contributed by atoms with Gasteiger partial charge in [-0.2, -0.15) is 0 Å². The van der Waals surface area contributed by atoms with Crippen molar-refractivity contribution in [1.82, 2.24) is 9.97 Å². The number of halogens is 1. The minimum atomic E-state index is -0.382. The summed E-state index contributed by atoms with van der Waals surface area (Å²) in [6.45, 7) is 0. The van der Waals surface area contributed by atoms with Gasteiger partial charge in [-0.15, -0.1) is 0 Å². The highest BCUT2D eigenvalue weighted by Crippen LogP contribution is 2.22. The van der Waals surface area contributed by atoms with E-state index in [2.05, 4.69) is 25.9 Å². The van der Waals surface area contributed by atoms with E-state index < -0.39 is 0 Å². The Morgan fingerprint density at radius 1 is 0.706 bits per heavy atom. The molecule has 0 spiro atoms. The topological polar surface area (TPSA) is 96.0 Å². The Morgan fingerprint density at radius 3 is 1.88 bits per heavy atom. The van der Waals surface area contributed by atoms with Crippen LogP contribution in [0.1, 0.15) is 12.8 Å². The summed E-state index contributed by atoms with van der Waals surface area (Å²) >= 11 is 0. The molecule has 1 heterocycles. The third-order valence-electron chi connectivity index (χ3n) is 4.88. The Morgan fingerprint density at radius 2 is 1.26 bits per heavy atom. The summed E-state index contributed by atoms with van der Waals surface area (Å²) in [6.07, 6.45) is 1.54. The van der Waals surface area contributed by atoms with E-state index in [9.17, 15) is 14.0 Å². The summed E-state index contributed by atoms with van der Waals surface area (Å²) in [5.41, 5.74) is 3.70. The molecule has 0 fully saturated rings. The van der Waals surface area contributed by atoms with Gasteiger partial charge in [0.15, 0.2) is 0 Å². The van der Waals surface area contributed by atoms with Crippen LogP contribution < -0.4 is 16.0 Å². The normalized spacial score (nSPS) is 10.4. The SMILES string of the molecule is O=C(CCC(=O)Nc1ccc(Nc2cc(-c3ccccc3)ncn2)cc1)Nc1ccc(F)cc1. The van der Waals surface area contributed by atoms with Crippen LogP contribution in [-0.4, -0.2) is 21.8 Å². The van der Waals surface area contributed by atoms with E-state index in [0.717, 1.165) is 16.9 Å². The van der Waals surface area contributed by atoms with Crippen molar-refractivity contribution in [2.45, 2.75) is 12.8 Å². The van der Waals surface area contributed by atoms with Crippen LogP contribution in [0.4, 0.5) is 27.3 Å². The average molecular weight is 455 g/mol. The summed E-state index contributed by atoms with van der Waals surface area (Å²) < 4.78 is 12.9. The zero-order chi connectivity index (χ0) is 23.8. The van der Waals surface area contributed by atoms with Crippen molar-refractivity contribution >= 4 is 34.7 Å². The number of rotatable bonds is 8. The van der Waals surface area contributed by atoms with E-state index in [4.69, 9.17) is 0 Å². The lowest BCUT2D eigenvalue weighted by atomic mass is 10.1. The fourth-order valence-electron chi connectivity index (χ4n) is 3.18. The molecule has 0 bridgehead atoms. The van der Waals surface area contributed by atoms with Gasteiger partial charge in [-0.3, -0.25) is 9.59 Å². The molecular weight excluding hydrogens is 433 g/mol. The Kier molecular flexibility index (Phi) is 7.19. The van der Waals surface area contributed by atoms with Gasteiger partial charge in [0.05, 0.1) is 5.69 Å². The molecule has 0 saturated heterocycles. The largest absolute Gasteiger partial charge is 0.340 e. The number of nitrogens with zero attached hydrogens (tertiary/aromatic N) is 2. The van der Waals surface area contributed by atoms with Crippen molar-refractivity contribution in [3.05, 3.63) is 97.1 Å². The van der Waals surface area contributed by atoms with Crippen molar-refractivity contribution in [2.24, 2.45) is 0 Å². The Bertz CT molecular complexity index is 1260. The standard InChI is InChI=1S/C26H22FN5O2/c27-19-6-8-21(9-7-19)31-25(33)14-15-26(34)32-22-12-10-20(11-13-22)30-24-16-23(28-17-29-24)18-4-2-1-3-5-18/h1-13,16-17H,14-15H2,(H,31,33)(H,32,34)(H,28,29,30). The number of aromatic nitrogens is 2. The van der Waals surface area contributed by atoms with Gasteiger partial charge in [0.25, 0.3) is 0 Å². The molecule has 0 atom stereocenters. The number of hydrogen-bond acceptors (Lipinski definition) is 5. The van der Waals surface area contributed by atoms with Crippen LogP contribution in [0.3, 0.4) is 0 Å². The molecule has 0 unspecified atom stereocenters. The first-order valence-electron chi connectivity index (χ1n) is 10.6. The number of carbonyl (C=O) groups is 2. The molecule has 3 N–H and O–H groups in total. The number of amides is 2. The molecule has 4 aromatic rings. The highest BCUT2D eigenvalue weighted by atomic mass is 19.1. The number of benzene rings is 3. The summed E-state index contributed by atoms with van der Waals surface area (Å²) in [7, 11) is 0. The minimum Gasteiger partial charge on any atom is -0.340 e. The van der Waals surface area contributed by atoms with Gasteiger partial charge in [0, 0.05) is 41.5 Å². The number of anilines is 4. The zero-order valence-electron chi connectivity index (χ0n) is 18.2. The second-order valence-corrected chi connectivity index (χ2v) is 7.46. The fourth-order valence-corrected chi connectivity index (χ4v) is 3.18. The molecule has 0 saturated carbocycles. The first-order chi connectivity index (χ1) is 16.5. The minimum absolute atomic E-state index is 0.0142. The van der Waals surface area contributed by atoms with E-state index in [1.54, 1.807) is 12.1 Å².